The van der Waals surface area contributed by atoms with E-state index >= 15 is 0 Å². The lowest BCUT2D eigenvalue weighted by Crippen LogP contribution is -2.46. The Morgan fingerprint density at radius 2 is 2.00 bits per heavy atom. The number of benzene rings is 2. The zero-order chi connectivity index (χ0) is 26.9. The highest BCUT2D eigenvalue weighted by Gasteiger charge is 2.35. The monoisotopic (exact) mass is 522 g/mol. The summed E-state index contributed by atoms with van der Waals surface area (Å²) in [4.78, 5) is 22.0. The highest BCUT2D eigenvalue weighted by molar-refractivity contribution is 5.92. The van der Waals surface area contributed by atoms with Gasteiger partial charge in [-0.15, -0.1) is 0 Å². The molecule has 2 aromatic carbocycles. The topological polar surface area (TPSA) is 85.8 Å². The maximum atomic E-state index is 14.7. The molecule has 1 aromatic heterocycles. The number of alkyl halides is 3. The molecule has 12 heteroatoms. The van der Waals surface area contributed by atoms with Crippen LogP contribution in [0.5, 0.6) is 11.5 Å². The number of anilines is 1. The van der Waals surface area contributed by atoms with Crippen molar-refractivity contribution in [3.05, 3.63) is 53.1 Å². The molecule has 1 saturated heterocycles. The first-order valence-electron chi connectivity index (χ1n) is 11.4. The fourth-order valence-electron chi connectivity index (χ4n) is 4.06. The molecule has 4 rings (SSSR count). The summed E-state index contributed by atoms with van der Waals surface area (Å²) in [5.74, 6) is -0.0227. The van der Waals surface area contributed by atoms with E-state index in [1.54, 1.807) is 37.9 Å². The number of carbonyl (C=O) groups is 1. The number of amides is 1. The van der Waals surface area contributed by atoms with E-state index in [-0.39, 0.29) is 30.8 Å². The Morgan fingerprint density at radius 3 is 2.68 bits per heavy atom. The number of nitrogens with one attached hydrogen (secondary N) is 1. The highest BCUT2D eigenvalue weighted by Crippen LogP contribution is 2.37. The van der Waals surface area contributed by atoms with Gasteiger partial charge in [0.25, 0.3) is 0 Å². The highest BCUT2D eigenvalue weighted by atomic mass is 19.4. The van der Waals surface area contributed by atoms with Crippen LogP contribution in [0.3, 0.4) is 0 Å². The summed E-state index contributed by atoms with van der Waals surface area (Å²) in [7, 11) is 3.16. The third kappa shape index (κ3) is 5.68. The normalized spacial score (nSPS) is 17.1. The summed E-state index contributed by atoms with van der Waals surface area (Å²) in [5, 5.41) is 3.52. The SMILES string of the molecule is COc1cc2nc(C)nc(N[C@H](C)c3cccc(C(F)(F)F)c3F)c2cc1OC[C@H]1CN(C)C(=O)CO1. The number of halogens is 4. The minimum absolute atomic E-state index is 0.0371. The first-order chi connectivity index (χ1) is 17.5. The average Bonchev–Trinajstić information content (AvgIpc) is 2.83. The Labute approximate surface area is 210 Å². The number of fused-ring (bicyclic) bond motifs is 1. The van der Waals surface area contributed by atoms with Gasteiger partial charge in [0.2, 0.25) is 5.91 Å². The molecule has 8 nitrogen and oxygen atoms in total. The van der Waals surface area contributed by atoms with Crippen LogP contribution in [0.25, 0.3) is 10.9 Å². The van der Waals surface area contributed by atoms with Gasteiger partial charge in [0.05, 0.1) is 24.2 Å². The van der Waals surface area contributed by atoms with Gasteiger partial charge >= 0.3 is 6.18 Å². The van der Waals surface area contributed by atoms with Crippen LogP contribution in [0.4, 0.5) is 23.4 Å². The van der Waals surface area contributed by atoms with E-state index in [1.807, 2.05) is 0 Å². The molecule has 0 spiro atoms. The van der Waals surface area contributed by atoms with Crippen LogP contribution < -0.4 is 14.8 Å². The molecule has 1 amide bonds. The molecule has 1 aliphatic rings. The van der Waals surface area contributed by atoms with E-state index in [4.69, 9.17) is 14.2 Å². The number of likely N-dealkylation sites (N-methyl/N-ethyl adjacent to an activating group) is 1. The van der Waals surface area contributed by atoms with Gasteiger partial charge in [-0.3, -0.25) is 4.79 Å². The van der Waals surface area contributed by atoms with Gasteiger partial charge < -0.3 is 24.4 Å². The number of hydrogen-bond acceptors (Lipinski definition) is 7. The predicted octanol–water partition coefficient (Wildman–Crippen LogP) is 4.51. The minimum Gasteiger partial charge on any atom is -0.493 e. The fourth-order valence-corrected chi connectivity index (χ4v) is 4.06. The van der Waals surface area contributed by atoms with Crippen LogP contribution >= 0.6 is 0 Å². The maximum absolute atomic E-state index is 14.7. The molecule has 1 fully saturated rings. The molecule has 2 atom stereocenters. The van der Waals surface area contributed by atoms with Crippen molar-refractivity contribution in [2.75, 3.05) is 39.2 Å². The van der Waals surface area contributed by atoms with E-state index < -0.39 is 23.6 Å². The standard InChI is InChI=1S/C25H26F4N4O4/c1-13(16-6-5-7-18(23(16)26)25(27,28)29)30-24-17-8-21(20(35-4)9-19(17)31-14(2)32-24)37-11-15-10-33(3)22(34)12-36-15/h5-9,13,15H,10-12H2,1-4H3,(H,30,31,32)/t13-,15-/m1/s1. The largest absolute Gasteiger partial charge is 0.493 e. The Kier molecular flexibility index (Phi) is 7.39. The van der Waals surface area contributed by atoms with E-state index in [0.717, 1.165) is 6.07 Å². The van der Waals surface area contributed by atoms with Crippen molar-refractivity contribution >= 4 is 22.6 Å². The molecule has 0 aliphatic carbocycles. The molecular formula is C25H26F4N4O4. The number of nitrogens with zero attached hydrogens (tertiary/aromatic N) is 3. The van der Waals surface area contributed by atoms with Crippen molar-refractivity contribution in [3.63, 3.8) is 0 Å². The summed E-state index contributed by atoms with van der Waals surface area (Å²) >= 11 is 0. The predicted molar refractivity (Wildman–Crippen MR) is 127 cm³/mol. The third-order valence-corrected chi connectivity index (χ3v) is 6.02. The summed E-state index contributed by atoms with van der Waals surface area (Å²) in [5.41, 5.74) is -0.993. The number of hydrogen-bond donors (Lipinski definition) is 1. The number of morpholine rings is 1. The molecule has 3 aromatic rings. The molecule has 198 valence electrons. The van der Waals surface area contributed by atoms with Gasteiger partial charge in [0, 0.05) is 30.6 Å². The van der Waals surface area contributed by atoms with Crippen molar-refractivity contribution in [3.8, 4) is 11.5 Å². The van der Waals surface area contributed by atoms with Gasteiger partial charge in [0.15, 0.2) is 11.5 Å². The van der Waals surface area contributed by atoms with Gasteiger partial charge in [-0.2, -0.15) is 13.2 Å². The van der Waals surface area contributed by atoms with E-state index in [2.05, 4.69) is 15.3 Å². The lowest BCUT2D eigenvalue weighted by atomic mass is 10.0. The zero-order valence-corrected chi connectivity index (χ0v) is 20.6. The molecule has 0 radical (unpaired) electrons. The van der Waals surface area contributed by atoms with Gasteiger partial charge in [-0.25, -0.2) is 14.4 Å². The molecule has 2 heterocycles. The second-order valence-electron chi connectivity index (χ2n) is 8.73. The summed E-state index contributed by atoms with van der Waals surface area (Å²) < 4.78 is 71.3. The van der Waals surface area contributed by atoms with Crippen LogP contribution in [0.2, 0.25) is 0 Å². The second kappa shape index (κ2) is 10.4. The van der Waals surface area contributed by atoms with E-state index in [0.29, 0.717) is 46.7 Å². The lowest BCUT2D eigenvalue weighted by Gasteiger charge is -2.29. The van der Waals surface area contributed by atoms with Crippen LogP contribution in [-0.2, 0) is 15.7 Å². The van der Waals surface area contributed by atoms with E-state index in [9.17, 15) is 22.4 Å². The molecule has 0 saturated carbocycles. The van der Waals surface area contributed by atoms with Crippen LogP contribution in [-0.4, -0.2) is 60.8 Å². The molecule has 37 heavy (non-hydrogen) atoms. The van der Waals surface area contributed by atoms with Crippen LogP contribution in [0, 0.1) is 12.7 Å². The number of aromatic nitrogens is 2. The van der Waals surface area contributed by atoms with Crippen LogP contribution in [0.15, 0.2) is 30.3 Å². The average molecular weight is 522 g/mol. The van der Waals surface area contributed by atoms with Crippen molar-refractivity contribution in [1.29, 1.82) is 0 Å². The third-order valence-electron chi connectivity index (χ3n) is 6.02. The molecular weight excluding hydrogens is 496 g/mol. The number of carbonyl (C=O) groups excluding carboxylic acids is 1. The van der Waals surface area contributed by atoms with E-state index in [1.165, 1.54) is 13.2 Å². The number of rotatable bonds is 7. The fraction of sp³-hybridized carbons (Fsp3) is 0.400. The maximum Gasteiger partial charge on any atom is 0.419 e. The Balaban J connectivity index is 1.64. The smallest absolute Gasteiger partial charge is 0.419 e. The number of aryl methyl sites for hydroxylation is 1. The molecule has 0 bridgehead atoms. The van der Waals surface area contributed by atoms with Gasteiger partial charge in [-0.05, 0) is 26.0 Å². The second-order valence-corrected chi connectivity index (χ2v) is 8.73. The number of ether oxygens (including phenoxy) is 3. The summed E-state index contributed by atoms with van der Waals surface area (Å²) in [6.45, 7) is 3.67. The Hall–Kier alpha value is -3.67. The van der Waals surface area contributed by atoms with Gasteiger partial charge in [0.1, 0.15) is 36.8 Å². The first-order valence-corrected chi connectivity index (χ1v) is 11.4. The first kappa shape index (κ1) is 26.4. The quantitative estimate of drug-likeness (QED) is 0.457. The molecule has 1 N–H and O–H groups in total. The van der Waals surface area contributed by atoms with Gasteiger partial charge in [-0.1, -0.05) is 12.1 Å². The summed E-state index contributed by atoms with van der Waals surface area (Å²) in [6, 6.07) is 5.60. The van der Waals surface area contributed by atoms with Crippen molar-refractivity contribution < 1.29 is 36.6 Å². The minimum atomic E-state index is -4.81. The van der Waals surface area contributed by atoms with Crippen molar-refractivity contribution in [2.24, 2.45) is 0 Å². The number of methoxy groups -OCH3 is 1. The zero-order valence-electron chi connectivity index (χ0n) is 20.6. The Bertz CT molecular complexity index is 1320. The molecule has 0 unspecified atom stereocenters. The van der Waals surface area contributed by atoms with Crippen molar-refractivity contribution in [1.82, 2.24) is 14.9 Å². The Morgan fingerprint density at radius 1 is 1.24 bits per heavy atom. The van der Waals surface area contributed by atoms with Crippen molar-refractivity contribution in [2.45, 2.75) is 32.2 Å². The molecule has 1 aliphatic heterocycles. The summed E-state index contributed by atoms with van der Waals surface area (Å²) in [6.07, 6.45) is -5.16. The lowest BCUT2D eigenvalue weighted by molar-refractivity contribution is -0.148. The van der Waals surface area contributed by atoms with Crippen LogP contribution in [0.1, 0.15) is 29.9 Å².